The number of hydrogen-bond acceptors (Lipinski definition) is 4. The molecule has 1 unspecified atom stereocenters. The smallest absolute Gasteiger partial charge is 0.264 e. The van der Waals surface area contributed by atoms with Crippen LogP contribution < -0.4 is 9.62 Å². The first-order valence-electron chi connectivity index (χ1n) is 13.0. The monoisotopic (exact) mass is 603 g/mol. The van der Waals surface area contributed by atoms with Gasteiger partial charge in [0.05, 0.1) is 20.6 Å². The third kappa shape index (κ3) is 7.77. The van der Waals surface area contributed by atoms with Crippen molar-refractivity contribution in [2.75, 3.05) is 10.8 Å². The van der Waals surface area contributed by atoms with Gasteiger partial charge in [-0.05, 0) is 87.2 Å². The highest BCUT2D eigenvalue weighted by molar-refractivity contribution is 7.92. The van der Waals surface area contributed by atoms with Gasteiger partial charge in [-0.3, -0.25) is 13.9 Å². The SMILES string of the molecule is CCC(C(=O)NC(C)C)N(Cc1ccc(Cl)c(Cl)c1)C(=O)CN(c1cc(C)cc(C)c1)S(=O)(=O)c1ccccc1. The van der Waals surface area contributed by atoms with Gasteiger partial charge in [0.15, 0.2) is 0 Å². The van der Waals surface area contributed by atoms with E-state index in [1.807, 2.05) is 40.7 Å². The molecule has 3 aromatic carbocycles. The van der Waals surface area contributed by atoms with Gasteiger partial charge in [0.2, 0.25) is 11.8 Å². The van der Waals surface area contributed by atoms with Crippen molar-refractivity contribution >= 4 is 50.7 Å². The molecule has 214 valence electrons. The maximum absolute atomic E-state index is 14.1. The first-order chi connectivity index (χ1) is 18.8. The third-order valence-electron chi connectivity index (χ3n) is 6.26. The Labute approximate surface area is 247 Å². The highest BCUT2D eigenvalue weighted by Gasteiger charge is 2.34. The summed E-state index contributed by atoms with van der Waals surface area (Å²) in [6.07, 6.45) is 0.320. The number of hydrogen-bond donors (Lipinski definition) is 1. The number of carbonyl (C=O) groups excluding carboxylic acids is 2. The number of aryl methyl sites for hydroxylation is 2. The van der Waals surface area contributed by atoms with Crippen LogP contribution in [-0.4, -0.2) is 43.8 Å². The molecule has 0 spiro atoms. The van der Waals surface area contributed by atoms with Crippen molar-refractivity contribution in [1.82, 2.24) is 10.2 Å². The summed E-state index contributed by atoms with van der Waals surface area (Å²) in [6.45, 7) is 8.74. The Morgan fingerprint density at radius 2 is 1.52 bits per heavy atom. The van der Waals surface area contributed by atoms with Crippen LogP contribution in [0, 0.1) is 13.8 Å². The molecular weight excluding hydrogens is 569 g/mol. The first kappa shape index (κ1) is 31.5. The Kier molecular flexibility index (Phi) is 10.6. The van der Waals surface area contributed by atoms with E-state index in [1.54, 1.807) is 48.5 Å². The summed E-state index contributed by atoms with van der Waals surface area (Å²) < 4.78 is 28.9. The van der Waals surface area contributed by atoms with E-state index in [-0.39, 0.29) is 23.4 Å². The van der Waals surface area contributed by atoms with Crippen molar-refractivity contribution in [3.05, 3.63) is 93.5 Å². The van der Waals surface area contributed by atoms with Crippen LogP contribution in [0.3, 0.4) is 0 Å². The predicted octanol–water partition coefficient (Wildman–Crippen LogP) is 6.14. The van der Waals surface area contributed by atoms with E-state index < -0.39 is 28.5 Å². The van der Waals surface area contributed by atoms with Crippen molar-refractivity contribution < 1.29 is 18.0 Å². The van der Waals surface area contributed by atoms with Gasteiger partial charge in [-0.15, -0.1) is 0 Å². The molecule has 3 aromatic rings. The topological polar surface area (TPSA) is 86.8 Å². The van der Waals surface area contributed by atoms with E-state index >= 15 is 0 Å². The Bertz CT molecular complexity index is 1440. The largest absolute Gasteiger partial charge is 0.352 e. The summed E-state index contributed by atoms with van der Waals surface area (Å²) in [4.78, 5) is 28.8. The van der Waals surface area contributed by atoms with Crippen LogP contribution >= 0.6 is 23.2 Å². The second-order valence-corrected chi connectivity index (χ2v) is 12.7. The molecule has 10 heteroatoms. The van der Waals surface area contributed by atoms with E-state index in [1.165, 1.54) is 17.0 Å². The number of nitrogens with one attached hydrogen (secondary N) is 1. The molecule has 0 bridgehead atoms. The van der Waals surface area contributed by atoms with Gasteiger partial charge in [-0.25, -0.2) is 8.42 Å². The number of rotatable bonds is 11. The summed E-state index contributed by atoms with van der Waals surface area (Å²) in [5.41, 5.74) is 2.73. The molecule has 0 saturated carbocycles. The second-order valence-electron chi connectivity index (χ2n) is 10.0. The normalized spacial score (nSPS) is 12.2. The fraction of sp³-hybridized carbons (Fsp3) is 0.333. The first-order valence-corrected chi connectivity index (χ1v) is 15.2. The predicted molar refractivity (Wildman–Crippen MR) is 161 cm³/mol. The van der Waals surface area contributed by atoms with Crippen molar-refractivity contribution in [3.8, 4) is 0 Å². The van der Waals surface area contributed by atoms with Gasteiger partial charge in [0, 0.05) is 12.6 Å². The molecule has 3 rings (SSSR count). The number of sulfonamides is 1. The number of benzene rings is 3. The Hall–Kier alpha value is -3.07. The molecule has 1 N–H and O–H groups in total. The summed E-state index contributed by atoms with van der Waals surface area (Å²) in [5.74, 6) is -0.856. The van der Waals surface area contributed by atoms with Crippen LogP contribution in [0.25, 0.3) is 0 Å². The van der Waals surface area contributed by atoms with Crippen LogP contribution in [0.4, 0.5) is 5.69 Å². The molecule has 0 radical (unpaired) electrons. The number of amides is 2. The molecule has 40 heavy (non-hydrogen) atoms. The highest BCUT2D eigenvalue weighted by Crippen LogP contribution is 2.28. The zero-order valence-electron chi connectivity index (χ0n) is 23.3. The lowest BCUT2D eigenvalue weighted by atomic mass is 10.1. The molecular formula is C30H35Cl2N3O4S. The quantitative estimate of drug-likeness (QED) is 0.285. The van der Waals surface area contributed by atoms with Crippen molar-refractivity contribution in [2.24, 2.45) is 0 Å². The van der Waals surface area contributed by atoms with Gasteiger partial charge in [-0.1, -0.05) is 60.5 Å². The van der Waals surface area contributed by atoms with Crippen LogP contribution in [0.1, 0.15) is 43.9 Å². The molecule has 1 atom stereocenters. The number of anilines is 1. The van der Waals surface area contributed by atoms with Crippen LogP contribution in [-0.2, 0) is 26.2 Å². The van der Waals surface area contributed by atoms with E-state index in [2.05, 4.69) is 5.32 Å². The zero-order valence-corrected chi connectivity index (χ0v) is 25.6. The molecule has 0 aliphatic carbocycles. The minimum atomic E-state index is -4.13. The van der Waals surface area contributed by atoms with E-state index in [4.69, 9.17) is 23.2 Å². The van der Waals surface area contributed by atoms with Gasteiger partial charge in [0.25, 0.3) is 10.0 Å². The minimum absolute atomic E-state index is 0.0335. The molecule has 7 nitrogen and oxygen atoms in total. The minimum Gasteiger partial charge on any atom is -0.352 e. The fourth-order valence-corrected chi connectivity index (χ4v) is 6.22. The van der Waals surface area contributed by atoms with Crippen molar-refractivity contribution in [1.29, 1.82) is 0 Å². The summed E-state index contributed by atoms with van der Waals surface area (Å²) in [6, 6.07) is 17.4. The average molecular weight is 605 g/mol. The van der Waals surface area contributed by atoms with E-state index in [0.29, 0.717) is 27.7 Å². The van der Waals surface area contributed by atoms with Crippen LogP contribution in [0.15, 0.2) is 71.6 Å². The van der Waals surface area contributed by atoms with Gasteiger partial charge >= 0.3 is 0 Å². The Morgan fingerprint density at radius 1 is 0.900 bits per heavy atom. The maximum atomic E-state index is 14.1. The van der Waals surface area contributed by atoms with E-state index in [9.17, 15) is 18.0 Å². The molecule has 0 aliphatic rings. The number of halogens is 2. The molecule has 0 aliphatic heterocycles. The third-order valence-corrected chi connectivity index (χ3v) is 8.79. The standard InChI is InChI=1S/C30H35Cl2N3O4S/c1-6-28(30(37)33-20(2)3)34(18-23-12-13-26(31)27(32)17-23)29(36)19-35(24-15-21(4)14-22(5)16-24)40(38,39)25-10-8-7-9-11-25/h7-17,20,28H,6,18-19H2,1-5H3,(H,33,37). The van der Waals surface area contributed by atoms with Crippen LogP contribution in [0.2, 0.25) is 10.0 Å². The average Bonchev–Trinajstić information content (AvgIpc) is 2.88. The van der Waals surface area contributed by atoms with Gasteiger partial charge < -0.3 is 10.2 Å². The molecule has 0 fully saturated rings. The van der Waals surface area contributed by atoms with Crippen molar-refractivity contribution in [2.45, 2.75) is 64.6 Å². The summed E-state index contributed by atoms with van der Waals surface area (Å²) in [5, 5.41) is 3.56. The molecule has 2 amide bonds. The van der Waals surface area contributed by atoms with E-state index in [0.717, 1.165) is 15.4 Å². The van der Waals surface area contributed by atoms with Crippen molar-refractivity contribution in [3.63, 3.8) is 0 Å². The molecule has 0 heterocycles. The van der Waals surface area contributed by atoms with Gasteiger partial charge in [-0.2, -0.15) is 0 Å². The lowest BCUT2D eigenvalue weighted by Gasteiger charge is -2.33. The van der Waals surface area contributed by atoms with Gasteiger partial charge in [0.1, 0.15) is 12.6 Å². The van der Waals surface area contributed by atoms with Crippen LogP contribution in [0.5, 0.6) is 0 Å². The molecule has 0 saturated heterocycles. The lowest BCUT2D eigenvalue weighted by molar-refractivity contribution is -0.140. The summed E-state index contributed by atoms with van der Waals surface area (Å²) >= 11 is 12.3. The summed E-state index contributed by atoms with van der Waals surface area (Å²) in [7, 11) is -4.13. The fourth-order valence-electron chi connectivity index (χ4n) is 4.48. The lowest BCUT2D eigenvalue weighted by Crippen LogP contribution is -2.53. The Balaban J connectivity index is 2.10. The number of nitrogens with zero attached hydrogens (tertiary/aromatic N) is 2. The number of carbonyl (C=O) groups is 2. The highest BCUT2D eigenvalue weighted by atomic mass is 35.5. The Morgan fingerprint density at radius 3 is 2.08 bits per heavy atom. The molecule has 0 aromatic heterocycles. The zero-order chi connectivity index (χ0) is 29.6. The second kappa shape index (κ2) is 13.5. The maximum Gasteiger partial charge on any atom is 0.264 e.